The zero-order valence-corrected chi connectivity index (χ0v) is 13.4. The largest absolute Gasteiger partial charge is 0.381 e. The van der Waals surface area contributed by atoms with Gasteiger partial charge in [0.25, 0.3) is 0 Å². The fourth-order valence-electron chi connectivity index (χ4n) is 1.98. The van der Waals surface area contributed by atoms with Crippen molar-refractivity contribution in [2.45, 2.75) is 6.54 Å². The Kier molecular flexibility index (Phi) is 3.86. The van der Waals surface area contributed by atoms with Crippen molar-refractivity contribution in [2.75, 3.05) is 0 Å². The third-order valence-electron chi connectivity index (χ3n) is 2.96. The molecule has 0 aliphatic heterocycles. The van der Waals surface area contributed by atoms with Gasteiger partial charge in [-0.25, -0.2) is 0 Å². The van der Waals surface area contributed by atoms with E-state index < -0.39 is 4.92 Å². The van der Waals surface area contributed by atoms with Gasteiger partial charge in [-0.3, -0.25) is 9.67 Å². The molecule has 10 heteroatoms. The van der Waals surface area contributed by atoms with Crippen LogP contribution in [0.1, 0.15) is 5.82 Å². The minimum Gasteiger partial charge on any atom is -0.358 e. The normalized spacial score (nSPS) is 10.8. The summed E-state index contributed by atoms with van der Waals surface area (Å²) in [6, 6.07) is 7.59. The lowest BCUT2D eigenvalue weighted by atomic mass is 10.3. The van der Waals surface area contributed by atoms with Gasteiger partial charge in [0.2, 0.25) is 6.33 Å². The Morgan fingerprint density at radius 3 is 2.73 bits per heavy atom. The minimum atomic E-state index is -0.539. The molecule has 1 aromatic carbocycles. The molecule has 0 radical (unpaired) electrons. The van der Waals surface area contributed by atoms with Gasteiger partial charge >= 0.3 is 5.82 Å². The van der Waals surface area contributed by atoms with Crippen LogP contribution in [-0.2, 0) is 6.54 Å². The molecule has 2 aromatic heterocycles. The topological polar surface area (TPSA) is 94.6 Å². The van der Waals surface area contributed by atoms with Gasteiger partial charge in [-0.15, -0.1) is 0 Å². The molecular formula is C12H9BrN6O2S. The van der Waals surface area contributed by atoms with E-state index in [-0.39, 0.29) is 5.82 Å². The number of nitro groups is 1. The van der Waals surface area contributed by atoms with Gasteiger partial charge in [0.1, 0.15) is 6.20 Å². The molecule has 2 heterocycles. The lowest BCUT2D eigenvalue weighted by molar-refractivity contribution is -0.389. The molecule has 0 saturated carbocycles. The maximum atomic E-state index is 10.7. The molecule has 1 N–H and O–H groups in total. The van der Waals surface area contributed by atoms with Gasteiger partial charge in [-0.2, -0.15) is 5.10 Å². The van der Waals surface area contributed by atoms with Crippen molar-refractivity contribution >= 4 is 34.0 Å². The number of hydrogen-bond acceptors (Lipinski definition) is 5. The number of aromatic amines is 1. The maximum Gasteiger partial charge on any atom is 0.381 e. The molecule has 0 spiro atoms. The SMILES string of the molecule is O=[N+]([O-])c1cn(Cc2n[nH]c(=S)n2-c2ccc(Br)cc2)cn1. The number of nitrogens with zero attached hydrogens (tertiary/aromatic N) is 5. The van der Waals surface area contributed by atoms with E-state index in [9.17, 15) is 10.1 Å². The zero-order valence-electron chi connectivity index (χ0n) is 11.0. The van der Waals surface area contributed by atoms with Gasteiger partial charge in [-0.05, 0) is 46.4 Å². The summed E-state index contributed by atoms with van der Waals surface area (Å²) in [5, 5.41) is 17.6. The van der Waals surface area contributed by atoms with Gasteiger partial charge in [0, 0.05) is 10.2 Å². The highest BCUT2D eigenvalue weighted by molar-refractivity contribution is 9.10. The summed E-state index contributed by atoms with van der Waals surface area (Å²) in [5.74, 6) is 0.420. The zero-order chi connectivity index (χ0) is 15.7. The van der Waals surface area contributed by atoms with Crippen molar-refractivity contribution < 1.29 is 4.92 Å². The predicted octanol–water partition coefficient (Wildman–Crippen LogP) is 2.85. The minimum absolute atomic E-state index is 0.204. The van der Waals surface area contributed by atoms with Gasteiger partial charge in [-0.1, -0.05) is 15.9 Å². The van der Waals surface area contributed by atoms with Crippen LogP contribution >= 0.6 is 28.1 Å². The van der Waals surface area contributed by atoms with E-state index in [1.807, 2.05) is 24.3 Å². The maximum absolute atomic E-state index is 10.7. The number of H-pyrrole nitrogens is 1. The highest BCUT2D eigenvalue weighted by Gasteiger charge is 2.13. The average Bonchev–Trinajstić information content (AvgIpc) is 3.08. The standard InChI is InChI=1S/C12H9BrN6O2S/c13-8-1-3-9(4-2-8)18-11(15-16-12(18)22)6-17-5-10(14-7-17)19(20)21/h1-5,7H,6H2,(H,16,22). The summed E-state index contributed by atoms with van der Waals surface area (Å²) < 4.78 is 4.76. The summed E-state index contributed by atoms with van der Waals surface area (Å²) in [6.45, 7) is 0.310. The lowest BCUT2D eigenvalue weighted by Gasteiger charge is -2.06. The molecule has 0 amide bonds. The highest BCUT2D eigenvalue weighted by atomic mass is 79.9. The molecule has 3 aromatic rings. The van der Waals surface area contributed by atoms with Crippen molar-refractivity contribution in [3.63, 3.8) is 0 Å². The van der Waals surface area contributed by atoms with Crippen LogP contribution in [0.25, 0.3) is 5.69 Å². The molecule has 22 heavy (non-hydrogen) atoms. The Morgan fingerprint density at radius 2 is 2.09 bits per heavy atom. The number of nitrogens with one attached hydrogen (secondary N) is 1. The number of hydrogen-bond donors (Lipinski definition) is 1. The first-order chi connectivity index (χ1) is 10.5. The van der Waals surface area contributed by atoms with Crippen molar-refractivity contribution in [2.24, 2.45) is 0 Å². The van der Waals surface area contributed by atoms with Crippen LogP contribution in [0.5, 0.6) is 0 Å². The monoisotopic (exact) mass is 380 g/mol. The number of imidazole rings is 1. The fourth-order valence-corrected chi connectivity index (χ4v) is 2.51. The van der Waals surface area contributed by atoms with Gasteiger partial charge in [0.05, 0.1) is 6.54 Å². The van der Waals surface area contributed by atoms with Crippen LogP contribution in [0.3, 0.4) is 0 Å². The molecular weight excluding hydrogens is 372 g/mol. The molecule has 0 aliphatic rings. The van der Waals surface area contributed by atoms with E-state index in [1.54, 1.807) is 9.13 Å². The molecule has 0 fully saturated rings. The second kappa shape index (κ2) is 5.81. The molecule has 0 unspecified atom stereocenters. The summed E-state index contributed by atoms with van der Waals surface area (Å²) in [5.41, 5.74) is 0.853. The van der Waals surface area contributed by atoms with Crippen molar-refractivity contribution in [3.05, 3.63) is 62.0 Å². The molecule has 0 saturated heterocycles. The van der Waals surface area contributed by atoms with E-state index in [0.717, 1.165) is 10.2 Å². The first-order valence-corrected chi connectivity index (χ1v) is 7.33. The van der Waals surface area contributed by atoms with E-state index in [1.165, 1.54) is 12.5 Å². The Balaban J connectivity index is 1.96. The first-order valence-electron chi connectivity index (χ1n) is 6.13. The second-order valence-corrected chi connectivity index (χ2v) is 5.72. The summed E-state index contributed by atoms with van der Waals surface area (Å²) in [4.78, 5) is 13.9. The summed E-state index contributed by atoms with van der Waals surface area (Å²) >= 11 is 8.63. The molecule has 8 nitrogen and oxygen atoms in total. The predicted molar refractivity (Wildman–Crippen MR) is 84.4 cm³/mol. The van der Waals surface area contributed by atoms with Crippen molar-refractivity contribution in [1.82, 2.24) is 24.3 Å². The van der Waals surface area contributed by atoms with Crippen LogP contribution in [0.2, 0.25) is 0 Å². The summed E-state index contributed by atoms with van der Waals surface area (Å²) in [6.07, 6.45) is 2.74. The molecule has 3 rings (SSSR count). The fraction of sp³-hybridized carbons (Fsp3) is 0.0833. The first kappa shape index (κ1) is 14.6. The molecule has 0 aliphatic carbocycles. The lowest BCUT2D eigenvalue weighted by Crippen LogP contribution is -2.06. The number of benzene rings is 1. The smallest absolute Gasteiger partial charge is 0.358 e. The number of aromatic nitrogens is 5. The number of halogens is 1. The Morgan fingerprint density at radius 1 is 1.36 bits per heavy atom. The Bertz CT molecular complexity index is 882. The van der Waals surface area contributed by atoms with Crippen LogP contribution in [0, 0.1) is 14.9 Å². The van der Waals surface area contributed by atoms with E-state index in [4.69, 9.17) is 12.2 Å². The second-order valence-electron chi connectivity index (χ2n) is 4.42. The summed E-state index contributed by atoms with van der Waals surface area (Å²) in [7, 11) is 0. The van der Waals surface area contributed by atoms with Crippen LogP contribution in [-0.4, -0.2) is 29.2 Å². The molecule has 0 bridgehead atoms. The Labute approximate surface area is 137 Å². The highest BCUT2D eigenvalue weighted by Crippen LogP contribution is 2.17. The van der Waals surface area contributed by atoms with E-state index in [0.29, 0.717) is 17.1 Å². The van der Waals surface area contributed by atoms with Crippen molar-refractivity contribution in [3.8, 4) is 5.69 Å². The van der Waals surface area contributed by atoms with Gasteiger partial charge in [0.15, 0.2) is 10.6 Å². The number of rotatable bonds is 4. The van der Waals surface area contributed by atoms with Gasteiger partial charge < -0.3 is 14.7 Å². The van der Waals surface area contributed by atoms with Crippen LogP contribution in [0.15, 0.2) is 41.3 Å². The third kappa shape index (κ3) is 2.83. The average molecular weight is 381 g/mol. The van der Waals surface area contributed by atoms with Crippen LogP contribution < -0.4 is 0 Å². The molecule has 112 valence electrons. The third-order valence-corrected chi connectivity index (χ3v) is 3.76. The quantitative estimate of drug-likeness (QED) is 0.426. The Hall–Kier alpha value is -2.33. The van der Waals surface area contributed by atoms with E-state index in [2.05, 4.69) is 31.1 Å². The van der Waals surface area contributed by atoms with E-state index >= 15 is 0 Å². The molecule has 0 atom stereocenters. The van der Waals surface area contributed by atoms with Crippen molar-refractivity contribution in [1.29, 1.82) is 0 Å². The van der Waals surface area contributed by atoms with Crippen LogP contribution in [0.4, 0.5) is 5.82 Å².